The number of rotatable bonds is 4. The Morgan fingerprint density at radius 3 is 2.32 bits per heavy atom. The monoisotopic (exact) mass is 255 g/mol. The summed E-state index contributed by atoms with van der Waals surface area (Å²) >= 11 is 0. The van der Waals surface area contributed by atoms with Gasteiger partial charge in [-0.25, -0.2) is 0 Å². The Morgan fingerprint density at radius 1 is 1.00 bits per heavy atom. The summed E-state index contributed by atoms with van der Waals surface area (Å²) < 4.78 is 0. The van der Waals surface area contributed by atoms with Gasteiger partial charge in [-0.15, -0.1) is 0 Å². The standard InChI is InChI=1S/C17H21NO/c1-4-18(17-8-6-5-7-13(17)2)16-10-9-15(12-19)14(3)11-16/h5-11,19H,4,12H2,1-3H3. The molecule has 0 amide bonds. The minimum atomic E-state index is 0.0998. The lowest BCUT2D eigenvalue weighted by molar-refractivity contribution is 0.281. The van der Waals surface area contributed by atoms with Crippen LogP contribution >= 0.6 is 0 Å². The normalized spacial score (nSPS) is 10.5. The first-order valence-corrected chi connectivity index (χ1v) is 6.71. The lowest BCUT2D eigenvalue weighted by Gasteiger charge is -2.26. The minimum absolute atomic E-state index is 0.0998. The Balaban J connectivity index is 2.43. The summed E-state index contributed by atoms with van der Waals surface area (Å²) in [6.07, 6.45) is 0. The van der Waals surface area contributed by atoms with Gasteiger partial charge >= 0.3 is 0 Å². The first kappa shape index (κ1) is 13.6. The van der Waals surface area contributed by atoms with Crippen molar-refractivity contribution in [1.29, 1.82) is 0 Å². The molecular weight excluding hydrogens is 234 g/mol. The van der Waals surface area contributed by atoms with E-state index in [1.165, 1.54) is 16.9 Å². The second-order valence-electron chi connectivity index (χ2n) is 4.80. The Hall–Kier alpha value is -1.80. The van der Waals surface area contributed by atoms with E-state index in [2.05, 4.69) is 55.1 Å². The molecular formula is C17H21NO. The summed E-state index contributed by atoms with van der Waals surface area (Å²) in [6, 6.07) is 14.6. The molecule has 19 heavy (non-hydrogen) atoms. The summed E-state index contributed by atoms with van der Waals surface area (Å²) in [4.78, 5) is 2.30. The van der Waals surface area contributed by atoms with Gasteiger partial charge in [-0.3, -0.25) is 0 Å². The van der Waals surface area contributed by atoms with Crippen LogP contribution in [0.4, 0.5) is 11.4 Å². The fourth-order valence-electron chi connectivity index (χ4n) is 2.38. The number of aliphatic hydroxyl groups excluding tert-OH is 1. The summed E-state index contributed by atoms with van der Waals surface area (Å²) in [5.74, 6) is 0. The van der Waals surface area contributed by atoms with Gasteiger partial charge in [-0.05, 0) is 55.7 Å². The van der Waals surface area contributed by atoms with Crippen LogP contribution in [0.1, 0.15) is 23.6 Å². The average Bonchev–Trinajstić information content (AvgIpc) is 2.42. The SMILES string of the molecule is CCN(c1ccc(CO)c(C)c1)c1ccccc1C. The molecule has 0 aliphatic carbocycles. The summed E-state index contributed by atoms with van der Waals surface area (Å²) in [6.45, 7) is 7.35. The van der Waals surface area contributed by atoms with Crippen LogP contribution in [-0.2, 0) is 6.61 Å². The number of aliphatic hydroxyl groups is 1. The van der Waals surface area contributed by atoms with Gasteiger partial charge in [-0.2, -0.15) is 0 Å². The van der Waals surface area contributed by atoms with Gasteiger partial charge in [0.05, 0.1) is 6.61 Å². The van der Waals surface area contributed by atoms with Crippen LogP contribution in [0.3, 0.4) is 0 Å². The number of hydrogen-bond acceptors (Lipinski definition) is 2. The fourth-order valence-corrected chi connectivity index (χ4v) is 2.38. The zero-order valence-electron chi connectivity index (χ0n) is 11.9. The molecule has 2 rings (SSSR count). The molecule has 0 saturated carbocycles. The highest BCUT2D eigenvalue weighted by Crippen LogP contribution is 2.29. The number of para-hydroxylation sites is 1. The van der Waals surface area contributed by atoms with Gasteiger partial charge < -0.3 is 10.0 Å². The highest BCUT2D eigenvalue weighted by molar-refractivity contribution is 5.67. The molecule has 0 aliphatic heterocycles. The van der Waals surface area contributed by atoms with E-state index >= 15 is 0 Å². The predicted octanol–water partition coefficient (Wildman–Crippen LogP) is 3.95. The van der Waals surface area contributed by atoms with Crippen LogP contribution in [-0.4, -0.2) is 11.7 Å². The van der Waals surface area contributed by atoms with Crippen LogP contribution in [0.15, 0.2) is 42.5 Å². The van der Waals surface area contributed by atoms with Crippen LogP contribution < -0.4 is 4.90 Å². The highest BCUT2D eigenvalue weighted by Gasteiger charge is 2.10. The van der Waals surface area contributed by atoms with Gasteiger partial charge in [0.2, 0.25) is 0 Å². The van der Waals surface area contributed by atoms with Crippen molar-refractivity contribution >= 4 is 11.4 Å². The van der Waals surface area contributed by atoms with E-state index in [-0.39, 0.29) is 6.61 Å². The molecule has 0 unspecified atom stereocenters. The van der Waals surface area contributed by atoms with Crippen LogP contribution in [0, 0.1) is 13.8 Å². The molecule has 2 nitrogen and oxygen atoms in total. The first-order chi connectivity index (χ1) is 9.17. The number of hydrogen-bond donors (Lipinski definition) is 1. The number of aryl methyl sites for hydroxylation is 2. The molecule has 0 fully saturated rings. The van der Waals surface area contributed by atoms with Gasteiger partial charge in [0.15, 0.2) is 0 Å². The highest BCUT2D eigenvalue weighted by atomic mass is 16.3. The summed E-state index contributed by atoms with van der Waals surface area (Å²) in [5, 5.41) is 9.25. The third kappa shape index (κ3) is 2.79. The molecule has 0 bridgehead atoms. The van der Waals surface area contributed by atoms with E-state index < -0.39 is 0 Å². The molecule has 0 radical (unpaired) electrons. The van der Waals surface area contributed by atoms with E-state index in [9.17, 15) is 5.11 Å². The van der Waals surface area contributed by atoms with E-state index in [1.807, 2.05) is 13.0 Å². The van der Waals surface area contributed by atoms with E-state index in [0.717, 1.165) is 17.7 Å². The second kappa shape index (κ2) is 5.89. The average molecular weight is 255 g/mol. The lowest BCUT2D eigenvalue weighted by atomic mass is 10.1. The van der Waals surface area contributed by atoms with Gasteiger partial charge in [-0.1, -0.05) is 24.3 Å². The fraction of sp³-hybridized carbons (Fsp3) is 0.294. The number of anilines is 2. The summed E-state index contributed by atoms with van der Waals surface area (Å²) in [5.41, 5.74) is 5.80. The lowest BCUT2D eigenvalue weighted by Crippen LogP contribution is -2.17. The maximum atomic E-state index is 9.25. The smallest absolute Gasteiger partial charge is 0.0684 e. The second-order valence-corrected chi connectivity index (χ2v) is 4.80. The van der Waals surface area contributed by atoms with Crippen LogP contribution in [0.5, 0.6) is 0 Å². The third-order valence-corrected chi connectivity index (χ3v) is 3.53. The topological polar surface area (TPSA) is 23.5 Å². The van der Waals surface area contributed by atoms with Gasteiger partial charge in [0.25, 0.3) is 0 Å². The number of benzene rings is 2. The molecule has 100 valence electrons. The molecule has 0 heterocycles. The molecule has 0 aromatic heterocycles. The first-order valence-electron chi connectivity index (χ1n) is 6.71. The maximum Gasteiger partial charge on any atom is 0.0684 e. The molecule has 0 spiro atoms. The maximum absolute atomic E-state index is 9.25. The van der Waals surface area contributed by atoms with Crippen molar-refractivity contribution in [3.05, 3.63) is 59.2 Å². The van der Waals surface area contributed by atoms with Crippen molar-refractivity contribution in [3.8, 4) is 0 Å². The van der Waals surface area contributed by atoms with Crippen molar-refractivity contribution in [2.75, 3.05) is 11.4 Å². The molecule has 2 heteroatoms. The van der Waals surface area contributed by atoms with E-state index in [0.29, 0.717) is 0 Å². The predicted molar refractivity (Wildman–Crippen MR) is 81.0 cm³/mol. The third-order valence-electron chi connectivity index (χ3n) is 3.53. The molecule has 0 aliphatic rings. The van der Waals surface area contributed by atoms with Crippen molar-refractivity contribution < 1.29 is 5.11 Å². The van der Waals surface area contributed by atoms with Crippen LogP contribution in [0.25, 0.3) is 0 Å². The zero-order chi connectivity index (χ0) is 13.8. The molecule has 2 aromatic carbocycles. The van der Waals surface area contributed by atoms with Crippen molar-refractivity contribution in [1.82, 2.24) is 0 Å². The van der Waals surface area contributed by atoms with Gasteiger partial charge in [0.1, 0.15) is 0 Å². The quantitative estimate of drug-likeness (QED) is 0.894. The molecule has 1 N–H and O–H groups in total. The minimum Gasteiger partial charge on any atom is -0.392 e. The Bertz CT molecular complexity index is 563. The molecule has 0 atom stereocenters. The van der Waals surface area contributed by atoms with Gasteiger partial charge in [0, 0.05) is 17.9 Å². The Labute approximate surface area is 115 Å². The Morgan fingerprint density at radius 2 is 1.74 bits per heavy atom. The number of nitrogens with zero attached hydrogens (tertiary/aromatic N) is 1. The largest absolute Gasteiger partial charge is 0.392 e. The van der Waals surface area contributed by atoms with Crippen molar-refractivity contribution in [3.63, 3.8) is 0 Å². The molecule has 0 saturated heterocycles. The molecule has 2 aromatic rings. The van der Waals surface area contributed by atoms with Crippen LogP contribution in [0.2, 0.25) is 0 Å². The van der Waals surface area contributed by atoms with Crippen molar-refractivity contribution in [2.24, 2.45) is 0 Å². The Kier molecular flexibility index (Phi) is 4.23. The van der Waals surface area contributed by atoms with E-state index in [1.54, 1.807) is 0 Å². The van der Waals surface area contributed by atoms with E-state index in [4.69, 9.17) is 0 Å². The zero-order valence-corrected chi connectivity index (χ0v) is 11.9. The summed E-state index contributed by atoms with van der Waals surface area (Å²) in [7, 11) is 0. The van der Waals surface area contributed by atoms with Crippen molar-refractivity contribution in [2.45, 2.75) is 27.4 Å².